The first-order valence-electron chi connectivity index (χ1n) is 10.8. The molecule has 0 unspecified atom stereocenters. The van der Waals surface area contributed by atoms with E-state index >= 15 is 0 Å². The second-order valence-electron chi connectivity index (χ2n) is 7.54. The summed E-state index contributed by atoms with van der Waals surface area (Å²) in [5.41, 5.74) is 6.69. The van der Waals surface area contributed by atoms with Gasteiger partial charge in [0.05, 0.1) is 25.3 Å². The fourth-order valence-corrected chi connectivity index (χ4v) is 5.35. The predicted molar refractivity (Wildman–Crippen MR) is 136 cm³/mol. The Morgan fingerprint density at radius 2 is 1.88 bits per heavy atom. The molecule has 0 aliphatic carbocycles. The molecule has 1 heterocycles. The number of anilines is 2. The lowest BCUT2D eigenvalue weighted by atomic mass is 10.2. The van der Waals surface area contributed by atoms with Crippen molar-refractivity contribution in [3.8, 4) is 5.75 Å². The van der Waals surface area contributed by atoms with Crippen molar-refractivity contribution in [2.24, 2.45) is 5.73 Å². The minimum absolute atomic E-state index is 0.0395. The van der Waals surface area contributed by atoms with Gasteiger partial charge in [-0.15, -0.1) is 0 Å². The molecule has 4 N–H and O–H groups in total. The van der Waals surface area contributed by atoms with Gasteiger partial charge in [-0.25, -0.2) is 13.4 Å². The number of rotatable bonds is 12. The molecule has 11 heteroatoms. The van der Waals surface area contributed by atoms with Gasteiger partial charge in [0.25, 0.3) is 15.9 Å². The standard InChI is InChI=1S/C23H28BrN5O4S/c1-33-21-11-8-18(28-23(30)20-15-26-16-27-20)14-22(21)34(31,32)29(13-5-3-2-4-12-25)19-9-6-17(24)7-10-19/h6-11,14-16H,2-5,12-13,25H2,1H3,(H,26,27)(H,28,30). The number of hydrogen-bond acceptors (Lipinski definition) is 6. The summed E-state index contributed by atoms with van der Waals surface area (Å²) in [5.74, 6) is -0.250. The maximum atomic E-state index is 13.9. The Kier molecular flexibility index (Phi) is 9.08. The van der Waals surface area contributed by atoms with Gasteiger partial charge >= 0.3 is 0 Å². The number of methoxy groups -OCH3 is 1. The lowest BCUT2D eigenvalue weighted by Gasteiger charge is -2.26. The summed E-state index contributed by atoms with van der Waals surface area (Å²) in [6, 6.07) is 11.6. The average Bonchev–Trinajstić information content (AvgIpc) is 3.37. The number of carbonyl (C=O) groups is 1. The maximum Gasteiger partial charge on any atom is 0.273 e. The summed E-state index contributed by atoms with van der Waals surface area (Å²) in [4.78, 5) is 18.9. The summed E-state index contributed by atoms with van der Waals surface area (Å²) in [6.45, 7) is 0.908. The lowest BCUT2D eigenvalue weighted by molar-refractivity contribution is 0.102. The van der Waals surface area contributed by atoms with Gasteiger partial charge in [0.2, 0.25) is 0 Å². The third-order valence-corrected chi connectivity index (χ3v) is 7.54. The Balaban J connectivity index is 1.94. The molecule has 0 spiro atoms. The van der Waals surface area contributed by atoms with Crippen molar-refractivity contribution in [1.29, 1.82) is 0 Å². The van der Waals surface area contributed by atoms with E-state index in [0.717, 1.165) is 23.7 Å². The molecule has 0 bridgehead atoms. The van der Waals surface area contributed by atoms with E-state index in [-0.39, 0.29) is 16.3 Å². The number of nitrogens with one attached hydrogen (secondary N) is 2. The lowest BCUT2D eigenvalue weighted by Crippen LogP contribution is -2.32. The van der Waals surface area contributed by atoms with Crippen LogP contribution in [0.2, 0.25) is 0 Å². The molecule has 1 amide bonds. The third kappa shape index (κ3) is 6.37. The molecule has 0 fully saturated rings. The Bertz CT molecular complexity index is 1180. The highest BCUT2D eigenvalue weighted by molar-refractivity contribution is 9.10. The fraction of sp³-hybridized carbons (Fsp3) is 0.304. The van der Waals surface area contributed by atoms with Crippen LogP contribution in [0.25, 0.3) is 0 Å². The predicted octanol–water partition coefficient (Wildman–Crippen LogP) is 4.15. The van der Waals surface area contributed by atoms with E-state index in [1.807, 2.05) is 0 Å². The number of amides is 1. The van der Waals surface area contributed by atoms with Crippen LogP contribution in [-0.4, -0.2) is 44.5 Å². The van der Waals surface area contributed by atoms with E-state index in [2.05, 4.69) is 31.2 Å². The van der Waals surface area contributed by atoms with Crippen molar-refractivity contribution in [2.75, 3.05) is 29.8 Å². The molecule has 3 aromatic rings. The van der Waals surface area contributed by atoms with Crippen LogP contribution in [0.5, 0.6) is 5.75 Å². The second kappa shape index (κ2) is 12.0. The average molecular weight is 550 g/mol. The summed E-state index contributed by atoms with van der Waals surface area (Å²) >= 11 is 3.40. The van der Waals surface area contributed by atoms with Gasteiger partial charge in [-0.3, -0.25) is 9.10 Å². The molecule has 0 saturated carbocycles. The quantitative estimate of drug-likeness (QED) is 0.291. The Morgan fingerprint density at radius 1 is 1.15 bits per heavy atom. The Hall–Kier alpha value is -2.89. The molecule has 1 aromatic heterocycles. The molecule has 34 heavy (non-hydrogen) atoms. The number of nitrogens with two attached hydrogens (primary N) is 1. The zero-order valence-electron chi connectivity index (χ0n) is 18.8. The van der Waals surface area contributed by atoms with Crippen molar-refractivity contribution in [3.05, 3.63) is 65.2 Å². The smallest absolute Gasteiger partial charge is 0.273 e. The van der Waals surface area contributed by atoms with Gasteiger partial charge in [-0.05, 0) is 61.9 Å². The van der Waals surface area contributed by atoms with Crippen LogP contribution in [-0.2, 0) is 10.0 Å². The molecule has 9 nitrogen and oxygen atoms in total. The number of benzene rings is 2. The van der Waals surface area contributed by atoms with E-state index in [9.17, 15) is 13.2 Å². The normalized spacial score (nSPS) is 11.3. The molecule has 2 aromatic carbocycles. The summed E-state index contributed by atoms with van der Waals surface area (Å²) < 4.78 is 35.3. The van der Waals surface area contributed by atoms with Crippen LogP contribution in [0.3, 0.4) is 0 Å². The number of carbonyl (C=O) groups excluding carboxylic acids is 1. The highest BCUT2D eigenvalue weighted by atomic mass is 79.9. The number of sulfonamides is 1. The van der Waals surface area contributed by atoms with Gasteiger partial charge in [0.1, 0.15) is 16.3 Å². The first kappa shape index (κ1) is 25.7. The number of H-pyrrole nitrogens is 1. The minimum atomic E-state index is -4.02. The third-order valence-electron chi connectivity index (χ3n) is 5.16. The number of aromatic amines is 1. The number of aromatic nitrogens is 2. The fourth-order valence-electron chi connectivity index (χ4n) is 3.40. The van der Waals surface area contributed by atoms with Gasteiger partial charge in [-0.2, -0.15) is 0 Å². The molecular formula is C23H28BrN5O4S. The monoisotopic (exact) mass is 549 g/mol. The maximum absolute atomic E-state index is 13.9. The van der Waals surface area contributed by atoms with Gasteiger partial charge in [0.15, 0.2) is 0 Å². The van der Waals surface area contributed by atoms with Crippen molar-refractivity contribution in [2.45, 2.75) is 30.6 Å². The zero-order valence-corrected chi connectivity index (χ0v) is 21.2. The van der Waals surface area contributed by atoms with Crippen LogP contribution in [0.15, 0.2) is 64.4 Å². The highest BCUT2D eigenvalue weighted by Crippen LogP contribution is 2.33. The molecule has 3 rings (SSSR count). The number of halogens is 1. The number of ether oxygens (including phenoxy) is 1. The summed E-state index contributed by atoms with van der Waals surface area (Å²) in [7, 11) is -2.61. The van der Waals surface area contributed by atoms with Gasteiger partial charge in [0, 0.05) is 16.7 Å². The topological polar surface area (TPSA) is 130 Å². The number of nitrogens with zero attached hydrogens (tertiary/aromatic N) is 2. The second-order valence-corrected chi connectivity index (χ2v) is 10.3. The van der Waals surface area contributed by atoms with E-state index < -0.39 is 15.9 Å². The van der Waals surface area contributed by atoms with Gasteiger partial charge < -0.3 is 20.8 Å². The van der Waals surface area contributed by atoms with Crippen molar-refractivity contribution in [3.63, 3.8) is 0 Å². The zero-order chi connectivity index (χ0) is 24.6. The number of unbranched alkanes of at least 4 members (excludes halogenated alkanes) is 3. The molecule has 0 radical (unpaired) electrons. The van der Waals surface area contributed by atoms with Crippen LogP contribution in [0, 0.1) is 0 Å². The molecule has 0 aliphatic rings. The summed E-state index contributed by atoms with van der Waals surface area (Å²) in [5, 5.41) is 2.69. The largest absolute Gasteiger partial charge is 0.495 e. The van der Waals surface area contributed by atoms with Crippen LogP contribution < -0.4 is 20.1 Å². The van der Waals surface area contributed by atoms with Crippen LogP contribution in [0.1, 0.15) is 36.2 Å². The van der Waals surface area contributed by atoms with E-state index in [4.69, 9.17) is 10.5 Å². The Morgan fingerprint density at radius 3 is 2.53 bits per heavy atom. The Labute approximate surface area is 207 Å². The first-order chi connectivity index (χ1) is 16.4. The number of imidazole rings is 1. The first-order valence-corrected chi connectivity index (χ1v) is 13.1. The molecule has 182 valence electrons. The van der Waals surface area contributed by atoms with Crippen molar-refractivity contribution < 1.29 is 17.9 Å². The van der Waals surface area contributed by atoms with Crippen LogP contribution >= 0.6 is 15.9 Å². The van der Waals surface area contributed by atoms with Crippen molar-refractivity contribution in [1.82, 2.24) is 9.97 Å². The van der Waals surface area contributed by atoms with Crippen molar-refractivity contribution >= 4 is 43.2 Å². The van der Waals surface area contributed by atoms with E-state index in [0.29, 0.717) is 30.9 Å². The highest BCUT2D eigenvalue weighted by Gasteiger charge is 2.29. The molecular weight excluding hydrogens is 522 g/mol. The SMILES string of the molecule is COc1ccc(NC(=O)c2cnc[nH]2)cc1S(=O)(=O)N(CCCCCCN)c1ccc(Br)cc1. The molecule has 0 atom stereocenters. The van der Waals surface area contributed by atoms with Gasteiger partial charge in [-0.1, -0.05) is 28.8 Å². The molecule has 0 saturated heterocycles. The minimum Gasteiger partial charge on any atom is -0.495 e. The van der Waals surface area contributed by atoms with E-state index in [1.54, 1.807) is 30.3 Å². The summed E-state index contributed by atoms with van der Waals surface area (Å²) in [6.07, 6.45) is 6.14. The van der Waals surface area contributed by atoms with Crippen LogP contribution in [0.4, 0.5) is 11.4 Å². The molecule has 0 aliphatic heterocycles. The van der Waals surface area contributed by atoms with E-state index in [1.165, 1.54) is 36.1 Å². The number of hydrogen-bond donors (Lipinski definition) is 3.